The minimum Gasteiger partial charge on any atom is -0.475 e. The topological polar surface area (TPSA) is 109 Å². The molecule has 12 heteroatoms. The van der Waals surface area contributed by atoms with Gasteiger partial charge in [0.2, 0.25) is 5.91 Å². The van der Waals surface area contributed by atoms with Crippen LogP contribution in [0, 0.1) is 0 Å². The highest BCUT2D eigenvalue weighted by molar-refractivity contribution is 5.77. The Labute approximate surface area is 193 Å². The molecule has 0 bridgehead atoms. The molecule has 1 amide bonds. The number of carboxylic acids is 1. The average molecular weight is 479 g/mol. The number of fused-ring (bicyclic) bond motifs is 1. The van der Waals surface area contributed by atoms with Gasteiger partial charge in [0.15, 0.2) is 11.5 Å². The number of para-hydroxylation sites is 1. The average Bonchev–Trinajstić information content (AvgIpc) is 3.23. The number of benzene rings is 1. The molecule has 34 heavy (non-hydrogen) atoms. The Kier molecular flexibility index (Phi) is 8.05. The number of hydrogen-bond donors (Lipinski definition) is 2. The monoisotopic (exact) mass is 479 g/mol. The molecule has 1 aliphatic rings. The van der Waals surface area contributed by atoms with E-state index >= 15 is 0 Å². The smallest absolute Gasteiger partial charge is 0.475 e. The molecule has 9 nitrogen and oxygen atoms in total. The molecule has 182 valence electrons. The van der Waals surface area contributed by atoms with Crippen LogP contribution in [0.15, 0.2) is 48.7 Å². The third-order valence-electron chi connectivity index (χ3n) is 5.13. The number of piperidine rings is 1. The maximum absolute atomic E-state index is 11.9. The van der Waals surface area contributed by atoms with Crippen LogP contribution in [0.2, 0.25) is 0 Å². The highest BCUT2D eigenvalue weighted by atomic mass is 19.4. The van der Waals surface area contributed by atoms with Gasteiger partial charge < -0.3 is 20.1 Å². The van der Waals surface area contributed by atoms with E-state index in [1.807, 2.05) is 58.1 Å². The van der Waals surface area contributed by atoms with E-state index in [1.165, 1.54) is 0 Å². The predicted octanol–water partition coefficient (Wildman–Crippen LogP) is 3.46. The van der Waals surface area contributed by atoms with E-state index in [0.29, 0.717) is 0 Å². The number of methoxy groups -OCH3 is 1. The van der Waals surface area contributed by atoms with Crippen LogP contribution in [0.3, 0.4) is 0 Å². The molecule has 0 atom stereocenters. The highest BCUT2D eigenvalue weighted by Crippen LogP contribution is 2.26. The van der Waals surface area contributed by atoms with Gasteiger partial charge in [0.25, 0.3) is 0 Å². The minimum atomic E-state index is -5.08. The number of pyridine rings is 1. The third kappa shape index (κ3) is 6.67. The van der Waals surface area contributed by atoms with Crippen LogP contribution in [-0.4, -0.2) is 69.5 Å². The zero-order chi connectivity index (χ0) is 24.7. The summed E-state index contributed by atoms with van der Waals surface area (Å²) in [5, 5.41) is 15.2. The van der Waals surface area contributed by atoms with Gasteiger partial charge in [-0.05, 0) is 37.1 Å². The zero-order valence-electron chi connectivity index (χ0n) is 18.3. The quantitative estimate of drug-likeness (QED) is 0.577. The van der Waals surface area contributed by atoms with E-state index in [0.717, 1.165) is 48.8 Å². The molecule has 0 radical (unpaired) electrons. The largest absolute Gasteiger partial charge is 0.490 e. The number of hydrogen-bond acceptors (Lipinski definition) is 6. The first-order valence-corrected chi connectivity index (χ1v) is 10.4. The summed E-state index contributed by atoms with van der Waals surface area (Å²) < 4.78 is 38.5. The van der Waals surface area contributed by atoms with Crippen LogP contribution < -0.4 is 5.32 Å². The van der Waals surface area contributed by atoms with Crippen molar-refractivity contribution in [3.8, 4) is 0 Å². The fourth-order valence-corrected chi connectivity index (χ4v) is 3.44. The second kappa shape index (κ2) is 11.0. The number of anilines is 2. The second-order valence-electron chi connectivity index (χ2n) is 7.57. The summed E-state index contributed by atoms with van der Waals surface area (Å²) in [5.74, 6) is -1.57. The van der Waals surface area contributed by atoms with Crippen LogP contribution in [-0.2, 0) is 14.3 Å². The number of rotatable bonds is 5. The number of alkyl halides is 3. The van der Waals surface area contributed by atoms with Gasteiger partial charge in [-0.2, -0.15) is 18.3 Å². The van der Waals surface area contributed by atoms with Gasteiger partial charge in [-0.1, -0.05) is 18.2 Å². The molecular formula is C22H24F3N5O4. The van der Waals surface area contributed by atoms with Crippen LogP contribution in [0.5, 0.6) is 0 Å². The lowest BCUT2D eigenvalue weighted by Gasteiger charge is -2.30. The van der Waals surface area contributed by atoms with E-state index in [4.69, 9.17) is 14.6 Å². The SMILES string of the molecule is COCC(=O)N1CCC(c2nc3ccc(Nc4ccccc4)cn3n2)CC1.O=C(O)C(F)(F)F. The second-order valence-corrected chi connectivity index (χ2v) is 7.57. The molecule has 2 aromatic heterocycles. The lowest BCUT2D eigenvalue weighted by Crippen LogP contribution is -2.39. The molecule has 0 spiro atoms. The molecule has 3 heterocycles. The van der Waals surface area contributed by atoms with Crippen molar-refractivity contribution in [2.24, 2.45) is 0 Å². The Morgan fingerprint density at radius 2 is 1.76 bits per heavy atom. The summed E-state index contributed by atoms with van der Waals surface area (Å²) in [5.41, 5.74) is 2.83. The normalized spacial score (nSPS) is 14.4. The maximum Gasteiger partial charge on any atom is 0.490 e. The lowest BCUT2D eigenvalue weighted by molar-refractivity contribution is -0.192. The van der Waals surface area contributed by atoms with Crippen molar-refractivity contribution in [3.05, 3.63) is 54.5 Å². The van der Waals surface area contributed by atoms with Crippen LogP contribution in [0.1, 0.15) is 24.6 Å². The number of likely N-dealkylation sites (tertiary alicyclic amines) is 1. The first-order chi connectivity index (χ1) is 16.2. The zero-order valence-corrected chi connectivity index (χ0v) is 18.3. The number of nitrogens with one attached hydrogen (secondary N) is 1. The standard InChI is InChI=1S/C20H23N5O2.C2HF3O2/c1-27-14-19(26)24-11-9-15(10-12-24)20-22-18-8-7-17(13-25(18)23-20)21-16-5-3-2-4-6-16;3-2(4,5)1(6)7/h2-8,13,15,21H,9-12,14H2,1H3;(H,6,7). The molecular weight excluding hydrogens is 455 g/mol. The van der Waals surface area contributed by atoms with Crippen LogP contribution in [0.25, 0.3) is 5.65 Å². The maximum atomic E-state index is 11.9. The predicted molar refractivity (Wildman–Crippen MR) is 117 cm³/mol. The summed E-state index contributed by atoms with van der Waals surface area (Å²) in [7, 11) is 1.55. The lowest BCUT2D eigenvalue weighted by atomic mass is 9.96. The third-order valence-corrected chi connectivity index (χ3v) is 5.13. The molecule has 0 saturated carbocycles. The fraction of sp³-hybridized carbons (Fsp3) is 0.364. The van der Waals surface area contributed by atoms with E-state index in [2.05, 4.69) is 15.4 Å². The van der Waals surface area contributed by atoms with Crippen molar-refractivity contribution in [2.45, 2.75) is 24.9 Å². The number of carbonyl (C=O) groups is 2. The van der Waals surface area contributed by atoms with Crippen molar-refractivity contribution in [3.63, 3.8) is 0 Å². The summed E-state index contributed by atoms with van der Waals surface area (Å²) in [6.07, 6.45) is -1.38. The van der Waals surface area contributed by atoms with Crippen molar-refractivity contribution in [1.29, 1.82) is 0 Å². The van der Waals surface area contributed by atoms with E-state index in [9.17, 15) is 18.0 Å². The fourth-order valence-electron chi connectivity index (χ4n) is 3.44. The first kappa shape index (κ1) is 25.0. The molecule has 1 aliphatic heterocycles. The number of nitrogens with zero attached hydrogens (tertiary/aromatic N) is 4. The highest BCUT2D eigenvalue weighted by Gasteiger charge is 2.38. The molecule has 0 unspecified atom stereocenters. The summed E-state index contributed by atoms with van der Waals surface area (Å²) in [6, 6.07) is 14.0. The number of aliphatic carboxylic acids is 1. The Balaban J connectivity index is 0.000000406. The number of aromatic nitrogens is 3. The Bertz CT molecular complexity index is 1110. The Morgan fingerprint density at radius 1 is 1.12 bits per heavy atom. The van der Waals surface area contributed by atoms with Crippen molar-refractivity contribution in [2.75, 3.05) is 32.1 Å². The minimum absolute atomic E-state index is 0.0514. The van der Waals surface area contributed by atoms with Gasteiger partial charge >= 0.3 is 12.1 Å². The number of carboxylic acid groups (broad SMARTS) is 1. The molecule has 1 aromatic carbocycles. The molecule has 3 aromatic rings. The Hall–Kier alpha value is -3.67. The molecule has 4 rings (SSSR count). The molecule has 2 N–H and O–H groups in total. The number of carbonyl (C=O) groups excluding carboxylic acids is 1. The van der Waals surface area contributed by atoms with E-state index in [1.54, 1.807) is 7.11 Å². The molecule has 1 fully saturated rings. The number of halogens is 3. The van der Waals surface area contributed by atoms with Gasteiger partial charge in [0, 0.05) is 31.8 Å². The van der Waals surface area contributed by atoms with Crippen LogP contribution in [0.4, 0.5) is 24.5 Å². The van der Waals surface area contributed by atoms with Crippen molar-refractivity contribution < 1.29 is 32.6 Å². The van der Waals surface area contributed by atoms with Crippen molar-refractivity contribution >= 4 is 28.9 Å². The van der Waals surface area contributed by atoms with E-state index < -0.39 is 12.1 Å². The summed E-state index contributed by atoms with van der Waals surface area (Å²) >= 11 is 0. The summed E-state index contributed by atoms with van der Waals surface area (Å²) in [4.78, 5) is 27.4. The summed E-state index contributed by atoms with van der Waals surface area (Å²) in [6.45, 7) is 1.60. The Morgan fingerprint density at radius 3 is 2.35 bits per heavy atom. The molecule has 0 aliphatic carbocycles. The van der Waals surface area contributed by atoms with Crippen LogP contribution >= 0.6 is 0 Å². The van der Waals surface area contributed by atoms with Gasteiger partial charge in [-0.3, -0.25) is 4.79 Å². The van der Waals surface area contributed by atoms with Gasteiger partial charge in [0.1, 0.15) is 6.61 Å². The molecule has 1 saturated heterocycles. The number of ether oxygens (including phenoxy) is 1. The first-order valence-electron chi connectivity index (χ1n) is 10.4. The van der Waals surface area contributed by atoms with Gasteiger partial charge in [-0.15, -0.1) is 0 Å². The number of amides is 1. The van der Waals surface area contributed by atoms with Crippen molar-refractivity contribution in [1.82, 2.24) is 19.5 Å². The van der Waals surface area contributed by atoms with E-state index in [-0.39, 0.29) is 18.4 Å². The van der Waals surface area contributed by atoms with Gasteiger partial charge in [-0.25, -0.2) is 14.3 Å². The van der Waals surface area contributed by atoms with Gasteiger partial charge in [0.05, 0.1) is 11.9 Å².